The minimum atomic E-state index is -4.76. The van der Waals surface area contributed by atoms with Crippen LogP contribution in [0.5, 0.6) is 5.75 Å². The molecule has 0 aliphatic heterocycles. The third-order valence-corrected chi connectivity index (χ3v) is 2.60. The molecule has 0 aromatic heterocycles. The van der Waals surface area contributed by atoms with Gasteiger partial charge in [-0.1, -0.05) is 30.3 Å². The zero-order chi connectivity index (χ0) is 15.3. The lowest BCUT2D eigenvalue weighted by Crippen LogP contribution is -2.22. The Balaban J connectivity index is 2.07. The molecule has 0 amide bonds. The highest BCUT2D eigenvalue weighted by molar-refractivity contribution is 7.80. The Hall–Kier alpha value is -2.28. The number of hydrogen-bond acceptors (Lipinski definition) is 2. The highest BCUT2D eigenvalue weighted by atomic mass is 32.1. The molecule has 0 saturated carbocycles. The lowest BCUT2D eigenvalue weighted by atomic mass is 10.3. The van der Waals surface area contributed by atoms with E-state index < -0.39 is 6.36 Å². The number of thiocarbonyl (C=S) groups is 1. The summed E-state index contributed by atoms with van der Waals surface area (Å²) < 4.78 is 40.9. The maximum Gasteiger partial charge on any atom is 0.573 e. The second kappa shape index (κ2) is 6.45. The maximum atomic E-state index is 12.3. The number of para-hydroxylation sites is 3. The molecule has 2 rings (SSSR count). The van der Waals surface area contributed by atoms with Gasteiger partial charge in [-0.15, -0.1) is 13.2 Å². The van der Waals surface area contributed by atoms with E-state index in [4.69, 9.17) is 12.2 Å². The Morgan fingerprint density at radius 3 is 2.19 bits per heavy atom. The highest BCUT2D eigenvalue weighted by Crippen LogP contribution is 2.29. The SMILES string of the molecule is FC(F)(F)Oc1ccccc1NC(=S)Nc1ccccc1. The molecule has 0 bridgehead atoms. The smallest absolute Gasteiger partial charge is 0.404 e. The van der Waals surface area contributed by atoms with E-state index in [0.29, 0.717) is 0 Å². The molecule has 2 N–H and O–H groups in total. The van der Waals surface area contributed by atoms with Crippen molar-refractivity contribution in [3.63, 3.8) is 0 Å². The first kappa shape index (κ1) is 15.1. The van der Waals surface area contributed by atoms with Gasteiger partial charge in [-0.25, -0.2) is 0 Å². The summed E-state index contributed by atoms with van der Waals surface area (Å²) in [6.07, 6.45) is -4.76. The lowest BCUT2D eigenvalue weighted by Gasteiger charge is -2.15. The quantitative estimate of drug-likeness (QED) is 0.823. The minimum absolute atomic E-state index is 0.128. The molecule has 7 heteroatoms. The number of nitrogens with one attached hydrogen (secondary N) is 2. The van der Waals surface area contributed by atoms with E-state index in [0.717, 1.165) is 5.69 Å². The minimum Gasteiger partial charge on any atom is -0.404 e. The van der Waals surface area contributed by atoms with Gasteiger partial charge in [0.15, 0.2) is 10.9 Å². The van der Waals surface area contributed by atoms with E-state index in [1.165, 1.54) is 18.2 Å². The van der Waals surface area contributed by atoms with E-state index in [2.05, 4.69) is 15.4 Å². The van der Waals surface area contributed by atoms with Crippen LogP contribution in [0.15, 0.2) is 54.6 Å². The van der Waals surface area contributed by atoms with Crippen molar-refractivity contribution < 1.29 is 17.9 Å². The normalized spacial score (nSPS) is 10.8. The fraction of sp³-hybridized carbons (Fsp3) is 0.0714. The third-order valence-electron chi connectivity index (χ3n) is 2.39. The molecular weight excluding hydrogens is 301 g/mol. The topological polar surface area (TPSA) is 33.3 Å². The molecule has 0 aliphatic rings. The van der Waals surface area contributed by atoms with Crippen LogP contribution in [0.4, 0.5) is 24.5 Å². The summed E-state index contributed by atoms with van der Waals surface area (Å²) in [4.78, 5) is 0. The molecule has 2 aromatic carbocycles. The second-order valence-corrected chi connectivity index (χ2v) is 4.40. The Labute approximate surface area is 124 Å². The molecule has 0 radical (unpaired) electrons. The zero-order valence-electron chi connectivity index (χ0n) is 10.6. The van der Waals surface area contributed by atoms with Gasteiger partial charge >= 0.3 is 6.36 Å². The fourth-order valence-corrected chi connectivity index (χ4v) is 1.82. The van der Waals surface area contributed by atoms with Crippen LogP contribution in [0.1, 0.15) is 0 Å². The average molecular weight is 312 g/mol. The van der Waals surface area contributed by atoms with Crippen LogP contribution in [0.3, 0.4) is 0 Å². The van der Waals surface area contributed by atoms with Crippen molar-refractivity contribution in [2.45, 2.75) is 6.36 Å². The monoisotopic (exact) mass is 312 g/mol. The van der Waals surface area contributed by atoms with Crippen LogP contribution in [-0.2, 0) is 0 Å². The van der Waals surface area contributed by atoms with Gasteiger partial charge in [0.05, 0.1) is 5.69 Å². The van der Waals surface area contributed by atoms with Crippen LogP contribution < -0.4 is 15.4 Å². The van der Waals surface area contributed by atoms with Crippen molar-refractivity contribution in [3.8, 4) is 5.75 Å². The van der Waals surface area contributed by atoms with Crippen molar-refractivity contribution in [1.82, 2.24) is 0 Å². The fourth-order valence-electron chi connectivity index (χ4n) is 1.59. The summed E-state index contributed by atoms with van der Waals surface area (Å²) in [6, 6.07) is 14.7. The molecule has 0 saturated heterocycles. The van der Waals surface area contributed by atoms with Crippen LogP contribution in [-0.4, -0.2) is 11.5 Å². The summed E-state index contributed by atoms with van der Waals surface area (Å²) >= 11 is 5.06. The third kappa shape index (κ3) is 4.96. The molecule has 0 aliphatic carbocycles. The summed E-state index contributed by atoms with van der Waals surface area (Å²) in [5.74, 6) is -0.345. The van der Waals surface area contributed by atoms with Gasteiger partial charge in [-0.2, -0.15) is 0 Å². The van der Waals surface area contributed by atoms with Crippen molar-refractivity contribution in [1.29, 1.82) is 0 Å². The van der Waals surface area contributed by atoms with Crippen LogP contribution in [0.2, 0.25) is 0 Å². The standard InChI is InChI=1S/C14H11F3N2OS/c15-14(16,17)20-12-9-5-4-8-11(12)19-13(21)18-10-6-2-1-3-7-10/h1-9H,(H2,18,19,21). The van der Waals surface area contributed by atoms with Crippen molar-refractivity contribution in [2.24, 2.45) is 0 Å². The van der Waals surface area contributed by atoms with Gasteiger partial charge in [-0.3, -0.25) is 0 Å². The van der Waals surface area contributed by atoms with Crippen molar-refractivity contribution >= 4 is 28.7 Å². The van der Waals surface area contributed by atoms with Gasteiger partial charge in [-0.05, 0) is 36.5 Å². The van der Waals surface area contributed by atoms with Gasteiger partial charge in [0.2, 0.25) is 0 Å². The van der Waals surface area contributed by atoms with E-state index in [-0.39, 0.29) is 16.5 Å². The van der Waals surface area contributed by atoms with Gasteiger partial charge in [0.1, 0.15) is 0 Å². The van der Waals surface area contributed by atoms with Gasteiger partial charge in [0.25, 0.3) is 0 Å². The number of alkyl halides is 3. The Morgan fingerprint density at radius 2 is 1.52 bits per heavy atom. The molecule has 2 aromatic rings. The van der Waals surface area contributed by atoms with Crippen molar-refractivity contribution in [3.05, 3.63) is 54.6 Å². The number of anilines is 2. The lowest BCUT2D eigenvalue weighted by molar-refractivity contribution is -0.274. The van der Waals surface area contributed by atoms with Gasteiger partial charge in [0, 0.05) is 5.69 Å². The van der Waals surface area contributed by atoms with Gasteiger partial charge < -0.3 is 15.4 Å². The molecular formula is C14H11F3N2OS. The Kier molecular flexibility index (Phi) is 4.64. The molecule has 0 fully saturated rings. The summed E-state index contributed by atoms with van der Waals surface area (Å²) in [5, 5.41) is 5.71. The number of hydrogen-bond donors (Lipinski definition) is 2. The number of ether oxygens (including phenoxy) is 1. The first-order valence-electron chi connectivity index (χ1n) is 5.92. The average Bonchev–Trinajstić information content (AvgIpc) is 2.40. The zero-order valence-corrected chi connectivity index (χ0v) is 11.5. The molecule has 0 atom stereocenters. The second-order valence-electron chi connectivity index (χ2n) is 3.99. The van der Waals surface area contributed by atoms with Crippen LogP contribution >= 0.6 is 12.2 Å². The molecule has 110 valence electrons. The van der Waals surface area contributed by atoms with E-state index >= 15 is 0 Å². The molecule has 0 spiro atoms. The number of benzene rings is 2. The van der Waals surface area contributed by atoms with E-state index in [1.807, 2.05) is 18.2 Å². The van der Waals surface area contributed by atoms with E-state index in [1.54, 1.807) is 18.2 Å². The number of rotatable bonds is 3. The molecule has 0 heterocycles. The van der Waals surface area contributed by atoms with Crippen LogP contribution in [0, 0.1) is 0 Å². The summed E-state index contributed by atoms with van der Waals surface area (Å²) in [7, 11) is 0. The van der Waals surface area contributed by atoms with Crippen LogP contribution in [0.25, 0.3) is 0 Å². The predicted molar refractivity (Wildman–Crippen MR) is 79.4 cm³/mol. The summed E-state index contributed by atoms with van der Waals surface area (Å²) in [5.41, 5.74) is 0.854. The molecule has 0 unspecified atom stereocenters. The predicted octanol–water partition coefficient (Wildman–Crippen LogP) is 4.39. The summed E-state index contributed by atoms with van der Waals surface area (Å²) in [6.45, 7) is 0. The Morgan fingerprint density at radius 1 is 0.905 bits per heavy atom. The molecule has 21 heavy (non-hydrogen) atoms. The Bertz CT molecular complexity index is 617. The largest absolute Gasteiger partial charge is 0.573 e. The van der Waals surface area contributed by atoms with Crippen molar-refractivity contribution in [2.75, 3.05) is 10.6 Å². The number of halogens is 3. The first-order valence-corrected chi connectivity index (χ1v) is 6.33. The maximum absolute atomic E-state index is 12.3. The first-order chi connectivity index (χ1) is 9.94. The van der Waals surface area contributed by atoms with E-state index in [9.17, 15) is 13.2 Å². The molecule has 3 nitrogen and oxygen atoms in total. The highest BCUT2D eigenvalue weighted by Gasteiger charge is 2.32.